The minimum Gasteiger partial charge on any atom is -0.272 e. The van der Waals surface area contributed by atoms with E-state index in [0.29, 0.717) is 21.0 Å². The van der Waals surface area contributed by atoms with Gasteiger partial charge in [-0.1, -0.05) is 83.5 Å². The van der Waals surface area contributed by atoms with Crippen LogP contribution < -0.4 is 5.43 Å². The number of nitrogens with one attached hydrogen (secondary N) is 1. The van der Waals surface area contributed by atoms with Crippen molar-refractivity contribution in [2.24, 2.45) is 5.10 Å². The van der Waals surface area contributed by atoms with Gasteiger partial charge in [-0.25, -0.2) is 5.43 Å². The molecule has 0 aliphatic heterocycles. The summed E-state index contributed by atoms with van der Waals surface area (Å²) in [7, 11) is 0. The fraction of sp³-hybridized carbons (Fsp3) is 0.0435. The van der Waals surface area contributed by atoms with Crippen LogP contribution in [0.15, 0.2) is 89.1 Å². The number of carbonyl (C=O) groups excluding carboxylic acids is 1. The maximum atomic E-state index is 12.3. The maximum absolute atomic E-state index is 12.3. The van der Waals surface area contributed by atoms with Gasteiger partial charge in [0, 0.05) is 26.9 Å². The Balaban J connectivity index is 1.51. The lowest BCUT2D eigenvalue weighted by molar-refractivity contribution is -0.118. The van der Waals surface area contributed by atoms with Crippen LogP contribution in [0.2, 0.25) is 10.0 Å². The molecule has 0 saturated carbocycles. The van der Waals surface area contributed by atoms with Gasteiger partial charge in [0.25, 0.3) is 5.91 Å². The van der Waals surface area contributed by atoms with E-state index in [9.17, 15) is 4.79 Å². The van der Waals surface area contributed by atoms with E-state index < -0.39 is 0 Å². The molecule has 9 heteroatoms. The zero-order valence-corrected chi connectivity index (χ0v) is 19.0. The zero-order valence-electron chi connectivity index (χ0n) is 16.7. The van der Waals surface area contributed by atoms with Crippen molar-refractivity contribution in [2.45, 2.75) is 5.16 Å². The first-order valence-electron chi connectivity index (χ1n) is 9.58. The number of thioether (sulfide) groups is 1. The van der Waals surface area contributed by atoms with Gasteiger partial charge >= 0.3 is 0 Å². The number of hydrazone groups is 1. The third kappa shape index (κ3) is 5.37. The van der Waals surface area contributed by atoms with Gasteiger partial charge in [-0.2, -0.15) is 5.10 Å². The molecule has 0 spiro atoms. The fourth-order valence-corrected chi connectivity index (χ4v) is 3.93. The molecule has 3 aromatic carbocycles. The molecule has 0 bridgehead atoms. The van der Waals surface area contributed by atoms with Crippen molar-refractivity contribution < 1.29 is 4.79 Å². The van der Waals surface area contributed by atoms with Crippen molar-refractivity contribution in [2.75, 3.05) is 5.75 Å². The summed E-state index contributed by atoms with van der Waals surface area (Å²) in [5.41, 5.74) is 4.99. The van der Waals surface area contributed by atoms with Gasteiger partial charge in [0.15, 0.2) is 11.0 Å². The van der Waals surface area contributed by atoms with Crippen LogP contribution in [0.4, 0.5) is 0 Å². The summed E-state index contributed by atoms with van der Waals surface area (Å²) >= 11 is 13.4. The van der Waals surface area contributed by atoms with Crippen molar-refractivity contribution in [1.82, 2.24) is 20.2 Å². The monoisotopic (exact) mass is 481 g/mol. The predicted molar refractivity (Wildman–Crippen MR) is 130 cm³/mol. The van der Waals surface area contributed by atoms with Gasteiger partial charge in [-0.3, -0.25) is 9.36 Å². The molecule has 32 heavy (non-hydrogen) atoms. The number of carbonyl (C=O) groups is 1. The second-order valence-electron chi connectivity index (χ2n) is 6.59. The lowest BCUT2D eigenvalue weighted by Crippen LogP contribution is -2.20. The van der Waals surface area contributed by atoms with Crippen LogP contribution in [0.3, 0.4) is 0 Å². The van der Waals surface area contributed by atoms with Crippen LogP contribution in [-0.2, 0) is 4.79 Å². The molecule has 4 rings (SSSR count). The Morgan fingerprint density at radius 2 is 1.69 bits per heavy atom. The molecule has 0 saturated heterocycles. The summed E-state index contributed by atoms with van der Waals surface area (Å²) in [4.78, 5) is 12.3. The maximum Gasteiger partial charge on any atom is 0.250 e. The molecule has 6 nitrogen and oxygen atoms in total. The van der Waals surface area contributed by atoms with E-state index in [-0.39, 0.29) is 11.7 Å². The average molecular weight is 482 g/mol. The number of aromatic nitrogens is 3. The van der Waals surface area contributed by atoms with Crippen molar-refractivity contribution >= 4 is 47.1 Å². The second kappa shape index (κ2) is 10.5. The Morgan fingerprint density at radius 3 is 2.44 bits per heavy atom. The van der Waals surface area contributed by atoms with E-state index in [4.69, 9.17) is 23.2 Å². The zero-order chi connectivity index (χ0) is 22.3. The molecule has 0 aliphatic carbocycles. The molecule has 4 aromatic rings. The summed E-state index contributed by atoms with van der Waals surface area (Å²) < 4.78 is 1.90. The van der Waals surface area contributed by atoms with Crippen molar-refractivity contribution in [1.29, 1.82) is 0 Å². The minimum atomic E-state index is -0.273. The van der Waals surface area contributed by atoms with Crippen LogP contribution in [0.25, 0.3) is 17.1 Å². The van der Waals surface area contributed by atoms with Gasteiger partial charge in [-0.05, 0) is 30.3 Å². The number of hydrogen-bond donors (Lipinski definition) is 1. The van der Waals surface area contributed by atoms with Crippen molar-refractivity contribution in [3.05, 3.63) is 94.5 Å². The van der Waals surface area contributed by atoms with Gasteiger partial charge in [0.05, 0.1) is 12.0 Å². The Labute approximate surface area is 199 Å². The molecular formula is C23H17Cl2N5OS. The number of hydrogen-bond acceptors (Lipinski definition) is 5. The molecule has 0 aliphatic rings. The normalized spacial score (nSPS) is 11.1. The highest BCUT2D eigenvalue weighted by Crippen LogP contribution is 2.28. The van der Waals surface area contributed by atoms with Crippen LogP contribution in [0.1, 0.15) is 5.56 Å². The number of halogens is 2. The van der Waals surface area contributed by atoms with Crippen molar-refractivity contribution in [3.63, 3.8) is 0 Å². The molecule has 0 unspecified atom stereocenters. The van der Waals surface area contributed by atoms with Crippen LogP contribution in [-0.4, -0.2) is 32.6 Å². The molecule has 0 radical (unpaired) electrons. The molecule has 1 aromatic heterocycles. The smallest absolute Gasteiger partial charge is 0.250 e. The number of benzene rings is 3. The van der Waals surface area contributed by atoms with E-state index in [1.165, 1.54) is 18.0 Å². The largest absolute Gasteiger partial charge is 0.272 e. The number of rotatable bonds is 7. The highest BCUT2D eigenvalue weighted by Gasteiger charge is 2.17. The molecule has 0 fully saturated rings. The predicted octanol–water partition coefficient (Wildman–Crippen LogP) is 5.48. The molecular weight excluding hydrogens is 465 g/mol. The Morgan fingerprint density at radius 1 is 0.969 bits per heavy atom. The molecule has 1 N–H and O–H groups in total. The number of nitrogens with zero attached hydrogens (tertiary/aromatic N) is 4. The Hall–Kier alpha value is -3.13. The lowest BCUT2D eigenvalue weighted by Gasteiger charge is -2.10. The number of amides is 1. The first-order chi connectivity index (χ1) is 15.6. The van der Waals surface area contributed by atoms with Gasteiger partial charge in [0.2, 0.25) is 0 Å². The van der Waals surface area contributed by atoms with Crippen molar-refractivity contribution in [3.8, 4) is 17.1 Å². The SMILES string of the molecule is O=C(CSc1nnc(-c2ccccc2)n1-c1ccc(Cl)cc1)NN=Cc1ccccc1Cl. The first-order valence-corrected chi connectivity index (χ1v) is 11.3. The first kappa shape index (κ1) is 22.1. The van der Waals surface area contributed by atoms with Gasteiger partial charge in [0.1, 0.15) is 0 Å². The summed E-state index contributed by atoms with van der Waals surface area (Å²) in [5, 5.41) is 14.4. The topological polar surface area (TPSA) is 72.2 Å². The standard InChI is InChI=1S/C23H17Cl2N5OS/c24-18-10-12-19(13-11-18)30-22(16-6-2-1-3-7-16)28-29-23(30)32-15-21(31)27-26-14-17-8-4-5-9-20(17)25/h1-14H,15H2,(H,27,31). The third-order valence-corrected chi connectivity index (χ3v) is 5.91. The average Bonchev–Trinajstić information content (AvgIpc) is 3.24. The van der Waals surface area contributed by atoms with Gasteiger partial charge < -0.3 is 0 Å². The van der Waals surface area contributed by atoms with E-state index in [1.54, 1.807) is 18.2 Å². The quantitative estimate of drug-likeness (QED) is 0.215. The van der Waals surface area contributed by atoms with Gasteiger partial charge in [-0.15, -0.1) is 10.2 Å². The summed E-state index contributed by atoms with van der Waals surface area (Å²) in [5.74, 6) is 0.512. The van der Waals surface area contributed by atoms with E-state index in [1.807, 2.05) is 65.2 Å². The van der Waals surface area contributed by atoms with E-state index >= 15 is 0 Å². The lowest BCUT2D eigenvalue weighted by atomic mass is 10.2. The highest BCUT2D eigenvalue weighted by atomic mass is 35.5. The fourth-order valence-electron chi connectivity index (χ4n) is 2.88. The summed E-state index contributed by atoms with van der Waals surface area (Å²) in [6.07, 6.45) is 1.51. The van der Waals surface area contributed by atoms with Crippen LogP contribution in [0, 0.1) is 0 Å². The second-order valence-corrected chi connectivity index (χ2v) is 8.37. The van der Waals surface area contributed by atoms with E-state index in [2.05, 4.69) is 20.7 Å². The van der Waals surface area contributed by atoms with Crippen LogP contribution in [0.5, 0.6) is 0 Å². The molecule has 1 amide bonds. The summed E-state index contributed by atoms with van der Waals surface area (Å²) in [6, 6.07) is 24.4. The minimum absolute atomic E-state index is 0.111. The van der Waals surface area contributed by atoms with E-state index in [0.717, 1.165) is 16.8 Å². The summed E-state index contributed by atoms with van der Waals surface area (Å²) in [6.45, 7) is 0. The van der Waals surface area contributed by atoms with Crippen LogP contribution >= 0.6 is 35.0 Å². The highest BCUT2D eigenvalue weighted by molar-refractivity contribution is 7.99. The third-order valence-electron chi connectivity index (χ3n) is 4.38. The molecule has 1 heterocycles. The molecule has 0 atom stereocenters. The Bertz CT molecular complexity index is 1240. The Kier molecular flexibility index (Phi) is 7.21. The molecule has 160 valence electrons.